The summed E-state index contributed by atoms with van der Waals surface area (Å²) in [7, 11) is 0. The third-order valence-electron chi connectivity index (χ3n) is 4.79. The van der Waals surface area contributed by atoms with Crippen molar-refractivity contribution in [2.24, 2.45) is 0 Å². The Hall–Kier alpha value is -3.35. The van der Waals surface area contributed by atoms with Crippen LogP contribution in [0.15, 0.2) is 60.2 Å². The highest BCUT2D eigenvalue weighted by molar-refractivity contribution is 6.46. The second-order valence-electron chi connectivity index (χ2n) is 6.66. The van der Waals surface area contributed by atoms with Crippen molar-refractivity contribution in [1.29, 1.82) is 0 Å². The molecular formula is C23H16Cl2N2O4. The molecule has 0 bridgehead atoms. The van der Waals surface area contributed by atoms with E-state index in [1.165, 1.54) is 18.2 Å². The van der Waals surface area contributed by atoms with E-state index < -0.39 is 17.8 Å². The van der Waals surface area contributed by atoms with Gasteiger partial charge in [-0.3, -0.25) is 14.9 Å². The molecule has 0 radical (unpaired) electrons. The van der Waals surface area contributed by atoms with E-state index in [-0.39, 0.29) is 21.3 Å². The van der Waals surface area contributed by atoms with Crippen molar-refractivity contribution in [3.63, 3.8) is 0 Å². The number of carbonyl (C=O) groups is 3. The number of benzene rings is 3. The van der Waals surface area contributed by atoms with Crippen molar-refractivity contribution in [3.05, 3.63) is 75.8 Å². The molecule has 0 atom stereocenters. The van der Waals surface area contributed by atoms with Gasteiger partial charge in [0.1, 0.15) is 11.3 Å². The first-order valence-electron chi connectivity index (χ1n) is 9.42. The number of ether oxygens (including phenoxy) is 1. The molecule has 6 nitrogen and oxygen atoms in total. The number of barbiturate groups is 1. The van der Waals surface area contributed by atoms with Gasteiger partial charge in [0.2, 0.25) is 0 Å². The number of halogens is 2. The first-order valence-corrected chi connectivity index (χ1v) is 10.2. The molecule has 0 unspecified atom stereocenters. The van der Waals surface area contributed by atoms with Crippen LogP contribution in [0.4, 0.5) is 10.5 Å². The van der Waals surface area contributed by atoms with Crippen molar-refractivity contribution >= 4 is 63.6 Å². The van der Waals surface area contributed by atoms with E-state index in [4.69, 9.17) is 27.9 Å². The highest BCUT2D eigenvalue weighted by atomic mass is 35.5. The molecule has 3 aromatic rings. The zero-order chi connectivity index (χ0) is 22.1. The molecule has 1 N–H and O–H groups in total. The molecule has 156 valence electrons. The zero-order valence-corrected chi connectivity index (χ0v) is 17.8. The summed E-state index contributed by atoms with van der Waals surface area (Å²) in [4.78, 5) is 38.9. The predicted octanol–water partition coefficient (Wildman–Crippen LogP) is 5.21. The summed E-state index contributed by atoms with van der Waals surface area (Å²) in [5.41, 5.74) is 0.514. The lowest BCUT2D eigenvalue weighted by atomic mass is 10.00. The number of fused-ring (bicyclic) bond motifs is 1. The Labute approximate surface area is 188 Å². The van der Waals surface area contributed by atoms with Crippen molar-refractivity contribution in [1.82, 2.24) is 5.32 Å². The molecule has 3 aromatic carbocycles. The second-order valence-corrected chi connectivity index (χ2v) is 7.45. The van der Waals surface area contributed by atoms with Gasteiger partial charge >= 0.3 is 6.03 Å². The smallest absolute Gasteiger partial charge is 0.336 e. The van der Waals surface area contributed by atoms with Crippen LogP contribution in [-0.2, 0) is 9.59 Å². The first-order chi connectivity index (χ1) is 14.9. The summed E-state index contributed by atoms with van der Waals surface area (Å²) < 4.78 is 5.67. The van der Waals surface area contributed by atoms with Crippen molar-refractivity contribution in [2.75, 3.05) is 11.5 Å². The molecule has 4 rings (SSSR count). The average Bonchev–Trinajstić information content (AvgIpc) is 2.75. The van der Waals surface area contributed by atoms with E-state index in [9.17, 15) is 14.4 Å². The summed E-state index contributed by atoms with van der Waals surface area (Å²) in [6, 6.07) is 14.7. The van der Waals surface area contributed by atoms with Crippen LogP contribution >= 0.6 is 23.2 Å². The Morgan fingerprint density at radius 3 is 2.45 bits per heavy atom. The van der Waals surface area contributed by atoms with Crippen LogP contribution in [0, 0.1) is 0 Å². The van der Waals surface area contributed by atoms with Gasteiger partial charge in [0, 0.05) is 5.39 Å². The Bertz CT molecular complexity index is 1270. The van der Waals surface area contributed by atoms with Crippen LogP contribution < -0.4 is 15.0 Å². The number of anilines is 1. The van der Waals surface area contributed by atoms with Crippen molar-refractivity contribution in [3.8, 4) is 5.75 Å². The Kier molecular flexibility index (Phi) is 5.67. The molecule has 4 amide bonds. The summed E-state index contributed by atoms with van der Waals surface area (Å²) in [5.74, 6) is -0.888. The number of urea groups is 1. The molecule has 8 heteroatoms. The fourth-order valence-corrected chi connectivity index (χ4v) is 3.78. The van der Waals surface area contributed by atoms with Crippen molar-refractivity contribution in [2.45, 2.75) is 6.92 Å². The number of hydrogen-bond donors (Lipinski definition) is 1. The minimum atomic E-state index is -0.895. The molecule has 31 heavy (non-hydrogen) atoms. The lowest BCUT2D eigenvalue weighted by molar-refractivity contribution is -0.122. The number of rotatable bonds is 4. The monoisotopic (exact) mass is 454 g/mol. The van der Waals surface area contributed by atoms with Gasteiger partial charge in [0.05, 0.1) is 22.3 Å². The molecular weight excluding hydrogens is 439 g/mol. The molecule has 1 fully saturated rings. The molecule has 1 aliphatic rings. The van der Waals surface area contributed by atoms with Gasteiger partial charge in [-0.25, -0.2) is 9.69 Å². The highest BCUT2D eigenvalue weighted by Crippen LogP contribution is 2.35. The summed E-state index contributed by atoms with van der Waals surface area (Å²) in [5, 5.41) is 4.04. The maximum absolute atomic E-state index is 13.2. The number of nitrogens with one attached hydrogen (secondary N) is 1. The van der Waals surface area contributed by atoms with Gasteiger partial charge in [0.25, 0.3) is 11.8 Å². The van der Waals surface area contributed by atoms with E-state index in [1.807, 2.05) is 31.2 Å². The van der Waals surface area contributed by atoms with E-state index in [2.05, 4.69) is 5.32 Å². The first kappa shape index (κ1) is 20.9. The molecule has 1 aliphatic heterocycles. The van der Waals surface area contributed by atoms with E-state index in [1.54, 1.807) is 18.2 Å². The fraction of sp³-hybridized carbons (Fsp3) is 0.0870. The molecule has 0 saturated carbocycles. The SMILES string of the molecule is CCOc1ccc(/C=C2\C(=O)NC(=O)N(c3cccc(Cl)c3Cl)C2=O)c2ccccc12. The predicted molar refractivity (Wildman–Crippen MR) is 121 cm³/mol. The van der Waals surface area contributed by atoms with Crippen LogP contribution in [0.2, 0.25) is 10.0 Å². The van der Waals surface area contributed by atoms with Gasteiger partial charge in [-0.1, -0.05) is 59.6 Å². The van der Waals surface area contributed by atoms with E-state index >= 15 is 0 Å². The number of imide groups is 2. The lowest BCUT2D eigenvalue weighted by Crippen LogP contribution is -2.54. The quantitative estimate of drug-likeness (QED) is 0.433. The van der Waals surface area contributed by atoms with Crippen LogP contribution in [0.1, 0.15) is 12.5 Å². The second kappa shape index (κ2) is 8.41. The fourth-order valence-electron chi connectivity index (χ4n) is 3.40. The Morgan fingerprint density at radius 2 is 1.71 bits per heavy atom. The maximum atomic E-state index is 13.2. The number of nitrogens with zero attached hydrogens (tertiary/aromatic N) is 1. The molecule has 0 aromatic heterocycles. The topological polar surface area (TPSA) is 75.7 Å². The molecule has 1 saturated heterocycles. The van der Waals surface area contributed by atoms with Crippen molar-refractivity contribution < 1.29 is 19.1 Å². The van der Waals surface area contributed by atoms with Gasteiger partial charge in [-0.2, -0.15) is 0 Å². The summed E-state index contributed by atoms with van der Waals surface area (Å²) >= 11 is 12.2. The van der Waals surface area contributed by atoms with Crippen LogP contribution in [0.25, 0.3) is 16.8 Å². The highest BCUT2D eigenvalue weighted by Gasteiger charge is 2.38. The minimum absolute atomic E-state index is 0.0351. The molecule has 1 heterocycles. The third-order valence-corrected chi connectivity index (χ3v) is 5.60. The van der Waals surface area contributed by atoms with Crippen LogP contribution in [0.5, 0.6) is 5.75 Å². The van der Waals surface area contributed by atoms with Gasteiger partial charge in [-0.05, 0) is 42.1 Å². The van der Waals surface area contributed by atoms with Gasteiger partial charge < -0.3 is 4.74 Å². The standard InChI is InChI=1S/C23H16Cl2N2O4/c1-2-31-19-11-10-13(14-6-3-4-7-15(14)19)12-16-21(28)26-23(30)27(22(16)29)18-9-5-8-17(24)20(18)25/h3-12H,2H2,1H3,(H,26,28,30)/b16-12+. The average molecular weight is 455 g/mol. The maximum Gasteiger partial charge on any atom is 0.336 e. The Morgan fingerprint density at radius 1 is 0.968 bits per heavy atom. The Balaban J connectivity index is 1.83. The van der Waals surface area contributed by atoms with E-state index in [0.717, 1.165) is 15.7 Å². The largest absolute Gasteiger partial charge is 0.493 e. The summed E-state index contributed by atoms with van der Waals surface area (Å²) in [6.45, 7) is 2.39. The van der Waals surface area contributed by atoms with Crippen LogP contribution in [0.3, 0.4) is 0 Å². The minimum Gasteiger partial charge on any atom is -0.493 e. The van der Waals surface area contributed by atoms with E-state index in [0.29, 0.717) is 17.9 Å². The third kappa shape index (κ3) is 3.76. The zero-order valence-electron chi connectivity index (χ0n) is 16.3. The lowest BCUT2D eigenvalue weighted by Gasteiger charge is -2.27. The number of amides is 4. The van der Waals surface area contributed by atoms with Crippen LogP contribution in [-0.4, -0.2) is 24.5 Å². The molecule has 0 aliphatic carbocycles. The van der Waals surface area contributed by atoms with Gasteiger partial charge in [0.15, 0.2) is 0 Å². The summed E-state index contributed by atoms with van der Waals surface area (Å²) in [6.07, 6.45) is 1.45. The number of carbonyl (C=O) groups excluding carboxylic acids is 3. The van der Waals surface area contributed by atoms with Gasteiger partial charge in [-0.15, -0.1) is 0 Å². The normalized spacial score (nSPS) is 15.5. The molecule has 0 spiro atoms. The number of hydrogen-bond acceptors (Lipinski definition) is 4.